The summed E-state index contributed by atoms with van der Waals surface area (Å²) in [5, 5.41) is 2.85. The van der Waals surface area contributed by atoms with Crippen LogP contribution < -0.4 is 16.0 Å². The summed E-state index contributed by atoms with van der Waals surface area (Å²) < 4.78 is 13.2. The number of hydrogen-bond donors (Lipinski definition) is 2. The average Bonchev–Trinajstić information content (AvgIpc) is 2.38. The minimum absolute atomic E-state index is 0.0241. The van der Waals surface area contributed by atoms with Crippen molar-refractivity contribution in [1.82, 2.24) is 5.32 Å². The lowest BCUT2D eigenvalue weighted by Gasteiger charge is -2.37. The van der Waals surface area contributed by atoms with Crippen molar-refractivity contribution in [1.29, 1.82) is 0 Å². The van der Waals surface area contributed by atoms with Crippen molar-refractivity contribution in [2.24, 2.45) is 5.73 Å². The Morgan fingerprint density at radius 3 is 3.00 bits per heavy atom. The number of piperazine rings is 1. The molecule has 4 nitrogen and oxygen atoms in total. The standard InChI is InChI=1S/C13H18FN3O/c1-2-11-13(18)16-5-6-17(11)12-4-3-10(14)7-9(12)8-15/h3-4,7,11H,2,5-6,8,15H2,1H3,(H,16,18). The van der Waals surface area contributed by atoms with E-state index in [4.69, 9.17) is 5.73 Å². The molecule has 1 atom stereocenters. The molecule has 0 bridgehead atoms. The number of hydrogen-bond acceptors (Lipinski definition) is 3. The van der Waals surface area contributed by atoms with E-state index in [1.54, 1.807) is 6.07 Å². The number of carbonyl (C=O) groups is 1. The van der Waals surface area contributed by atoms with Gasteiger partial charge in [-0.2, -0.15) is 0 Å². The molecule has 1 heterocycles. The van der Waals surface area contributed by atoms with Crippen LogP contribution in [0.4, 0.5) is 10.1 Å². The molecule has 0 saturated carbocycles. The zero-order valence-corrected chi connectivity index (χ0v) is 10.4. The SMILES string of the molecule is CCC1C(=O)NCCN1c1ccc(F)cc1CN. The third kappa shape index (κ3) is 2.31. The first-order valence-corrected chi connectivity index (χ1v) is 6.20. The van der Waals surface area contributed by atoms with Crippen molar-refractivity contribution >= 4 is 11.6 Å². The van der Waals surface area contributed by atoms with Gasteiger partial charge in [-0.05, 0) is 30.2 Å². The maximum atomic E-state index is 13.2. The fourth-order valence-electron chi connectivity index (χ4n) is 2.41. The summed E-state index contributed by atoms with van der Waals surface area (Å²) in [6, 6.07) is 4.36. The van der Waals surface area contributed by atoms with E-state index in [1.165, 1.54) is 12.1 Å². The highest BCUT2D eigenvalue weighted by Crippen LogP contribution is 2.25. The van der Waals surface area contributed by atoms with Crippen LogP contribution in [0.1, 0.15) is 18.9 Å². The topological polar surface area (TPSA) is 58.4 Å². The molecule has 1 aliphatic heterocycles. The van der Waals surface area contributed by atoms with Gasteiger partial charge in [-0.3, -0.25) is 4.79 Å². The highest BCUT2D eigenvalue weighted by molar-refractivity contribution is 5.86. The van der Waals surface area contributed by atoms with Gasteiger partial charge >= 0.3 is 0 Å². The lowest BCUT2D eigenvalue weighted by Crippen LogP contribution is -2.55. The number of anilines is 1. The minimum atomic E-state index is -0.297. The smallest absolute Gasteiger partial charge is 0.242 e. The molecule has 98 valence electrons. The van der Waals surface area contributed by atoms with Crippen molar-refractivity contribution < 1.29 is 9.18 Å². The quantitative estimate of drug-likeness (QED) is 0.842. The highest BCUT2D eigenvalue weighted by atomic mass is 19.1. The lowest BCUT2D eigenvalue weighted by molar-refractivity contribution is -0.123. The highest BCUT2D eigenvalue weighted by Gasteiger charge is 2.29. The summed E-state index contributed by atoms with van der Waals surface area (Å²) in [4.78, 5) is 13.8. The molecule has 1 amide bonds. The van der Waals surface area contributed by atoms with Gasteiger partial charge in [-0.15, -0.1) is 0 Å². The normalized spacial score (nSPS) is 19.8. The van der Waals surface area contributed by atoms with Crippen LogP contribution >= 0.6 is 0 Å². The first kappa shape index (κ1) is 12.8. The third-order valence-corrected chi connectivity index (χ3v) is 3.29. The molecule has 1 saturated heterocycles. The van der Waals surface area contributed by atoms with E-state index in [2.05, 4.69) is 5.32 Å². The van der Waals surface area contributed by atoms with Gasteiger partial charge in [0.05, 0.1) is 0 Å². The van der Waals surface area contributed by atoms with Crippen molar-refractivity contribution in [2.45, 2.75) is 25.9 Å². The molecule has 5 heteroatoms. The summed E-state index contributed by atoms with van der Waals surface area (Å²) in [5.41, 5.74) is 7.25. The fourth-order valence-corrected chi connectivity index (χ4v) is 2.41. The molecule has 1 unspecified atom stereocenters. The van der Waals surface area contributed by atoms with Crippen LogP contribution in [0.15, 0.2) is 18.2 Å². The molecule has 1 aromatic rings. The van der Waals surface area contributed by atoms with Gasteiger partial charge in [-0.1, -0.05) is 6.92 Å². The molecule has 2 rings (SSSR count). The Labute approximate surface area is 106 Å². The van der Waals surface area contributed by atoms with Crippen molar-refractivity contribution in [3.05, 3.63) is 29.6 Å². The number of carbonyl (C=O) groups excluding carboxylic acids is 1. The average molecular weight is 251 g/mol. The molecule has 0 aliphatic carbocycles. The van der Waals surface area contributed by atoms with Gasteiger partial charge in [-0.25, -0.2) is 4.39 Å². The van der Waals surface area contributed by atoms with Gasteiger partial charge in [0.1, 0.15) is 11.9 Å². The Kier molecular flexibility index (Phi) is 3.81. The van der Waals surface area contributed by atoms with Gasteiger partial charge in [0.25, 0.3) is 0 Å². The predicted octanol–water partition coefficient (Wildman–Crippen LogP) is 0.999. The Morgan fingerprint density at radius 1 is 1.56 bits per heavy atom. The molecule has 1 aromatic carbocycles. The molecule has 3 N–H and O–H groups in total. The molecule has 0 radical (unpaired) electrons. The summed E-state index contributed by atoms with van der Waals surface area (Å²) in [6.07, 6.45) is 0.715. The van der Waals surface area contributed by atoms with E-state index in [-0.39, 0.29) is 24.3 Å². The first-order chi connectivity index (χ1) is 8.67. The molecule has 1 aliphatic rings. The van der Waals surface area contributed by atoms with Crippen LogP contribution in [-0.4, -0.2) is 25.0 Å². The molecule has 0 aromatic heterocycles. The van der Waals surface area contributed by atoms with Gasteiger partial charge in [0.2, 0.25) is 5.91 Å². The summed E-state index contributed by atoms with van der Waals surface area (Å²) in [6.45, 7) is 3.56. The van der Waals surface area contributed by atoms with E-state index in [1.807, 2.05) is 11.8 Å². The number of nitrogens with one attached hydrogen (secondary N) is 1. The van der Waals surface area contributed by atoms with E-state index in [9.17, 15) is 9.18 Å². The van der Waals surface area contributed by atoms with E-state index < -0.39 is 0 Å². The minimum Gasteiger partial charge on any atom is -0.357 e. The van der Waals surface area contributed by atoms with Crippen LogP contribution in [0.25, 0.3) is 0 Å². The van der Waals surface area contributed by atoms with Gasteiger partial charge in [0, 0.05) is 25.3 Å². The molecule has 18 heavy (non-hydrogen) atoms. The van der Waals surface area contributed by atoms with Crippen LogP contribution in [0, 0.1) is 5.82 Å². The summed E-state index contributed by atoms with van der Waals surface area (Å²) in [7, 11) is 0. The Morgan fingerprint density at radius 2 is 2.33 bits per heavy atom. The number of nitrogens with two attached hydrogens (primary N) is 1. The van der Waals surface area contributed by atoms with Gasteiger partial charge < -0.3 is 16.0 Å². The summed E-state index contributed by atoms with van der Waals surface area (Å²) >= 11 is 0. The zero-order chi connectivity index (χ0) is 13.1. The summed E-state index contributed by atoms with van der Waals surface area (Å²) in [5.74, 6) is -0.273. The largest absolute Gasteiger partial charge is 0.357 e. The molecular weight excluding hydrogens is 233 g/mol. The van der Waals surface area contributed by atoms with Crippen LogP contribution in [0.3, 0.4) is 0 Å². The van der Waals surface area contributed by atoms with Crippen molar-refractivity contribution in [3.63, 3.8) is 0 Å². The maximum absolute atomic E-state index is 13.2. The van der Waals surface area contributed by atoms with E-state index >= 15 is 0 Å². The fraction of sp³-hybridized carbons (Fsp3) is 0.462. The first-order valence-electron chi connectivity index (χ1n) is 6.20. The molecule has 0 spiro atoms. The number of benzene rings is 1. The Balaban J connectivity index is 2.37. The number of halogens is 1. The lowest BCUT2D eigenvalue weighted by atomic mass is 10.1. The van der Waals surface area contributed by atoms with Crippen molar-refractivity contribution in [2.75, 3.05) is 18.0 Å². The third-order valence-electron chi connectivity index (χ3n) is 3.29. The Hall–Kier alpha value is -1.62. The van der Waals surface area contributed by atoms with E-state index in [0.717, 1.165) is 17.8 Å². The van der Waals surface area contributed by atoms with E-state index in [0.29, 0.717) is 13.0 Å². The maximum Gasteiger partial charge on any atom is 0.242 e. The van der Waals surface area contributed by atoms with Crippen LogP contribution in [-0.2, 0) is 11.3 Å². The Bertz CT molecular complexity index is 450. The second-order valence-electron chi connectivity index (χ2n) is 4.39. The second-order valence-corrected chi connectivity index (χ2v) is 4.39. The molecule has 1 fully saturated rings. The number of amides is 1. The van der Waals surface area contributed by atoms with Gasteiger partial charge in [0.15, 0.2) is 0 Å². The monoisotopic (exact) mass is 251 g/mol. The molecular formula is C13H18FN3O. The van der Waals surface area contributed by atoms with Crippen LogP contribution in [0.5, 0.6) is 0 Å². The zero-order valence-electron chi connectivity index (χ0n) is 10.4. The number of nitrogens with zero attached hydrogens (tertiary/aromatic N) is 1. The van der Waals surface area contributed by atoms with Crippen molar-refractivity contribution in [3.8, 4) is 0 Å². The predicted molar refractivity (Wildman–Crippen MR) is 68.7 cm³/mol. The van der Waals surface area contributed by atoms with Crippen LogP contribution in [0.2, 0.25) is 0 Å². The number of rotatable bonds is 3. The second kappa shape index (κ2) is 5.35.